The lowest BCUT2D eigenvalue weighted by Gasteiger charge is -2.38. The van der Waals surface area contributed by atoms with Gasteiger partial charge in [0.05, 0.1) is 12.8 Å². The molecule has 0 saturated carbocycles. The Kier molecular flexibility index (Phi) is 4.64. The van der Waals surface area contributed by atoms with Crippen molar-refractivity contribution in [3.05, 3.63) is 24.0 Å². The van der Waals surface area contributed by atoms with E-state index in [-0.39, 0.29) is 5.82 Å². The normalized spacial score (nSPS) is 23.5. The van der Waals surface area contributed by atoms with Gasteiger partial charge in [-0.2, -0.15) is 0 Å². The maximum absolute atomic E-state index is 13.9. The number of benzene rings is 1. The van der Waals surface area contributed by atoms with Crippen LogP contribution in [-0.4, -0.2) is 32.8 Å². The van der Waals surface area contributed by atoms with Gasteiger partial charge in [0.15, 0.2) is 0 Å². The van der Waals surface area contributed by atoms with Crippen LogP contribution in [-0.2, 0) is 0 Å². The van der Waals surface area contributed by atoms with Crippen LogP contribution in [0.4, 0.5) is 10.1 Å². The minimum absolute atomic E-state index is 0.171. The van der Waals surface area contributed by atoms with Gasteiger partial charge < -0.3 is 15.0 Å². The molecule has 1 aliphatic rings. The topological polar surface area (TPSA) is 24.5 Å². The predicted molar refractivity (Wildman–Crippen MR) is 76.4 cm³/mol. The second-order valence-corrected chi connectivity index (χ2v) is 5.19. The van der Waals surface area contributed by atoms with Crippen molar-refractivity contribution in [3.63, 3.8) is 0 Å². The molecular weight excluding hydrogens is 243 g/mol. The first kappa shape index (κ1) is 14.1. The Bertz CT molecular complexity index is 425. The highest BCUT2D eigenvalue weighted by Gasteiger charge is 2.26. The van der Waals surface area contributed by atoms with Crippen LogP contribution in [0.5, 0.6) is 5.75 Å². The smallest absolute Gasteiger partial charge is 0.146 e. The van der Waals surface area contributed by atoms with Gasteiger partial charge in [-0.3, -0.25) is 0 Å². The van der Waals surface area contributed by atoms with Crippen molar-refractivity contribution in [2.75, 3.05) is 31.6 Å². The van der Waals surface area contributed by atoms with Crippen LogP contribution < -0.4 is 15.0 Å². The van der Waals surface area contributed by atoms with Crippen LogP contribution in [0.3, 0.4) is 0 Å². The molecule has 0 amide bonds. The van der Waals surface area contributed by atoms with E-state index in [0.717, 1.165) is 26.1 Å². The van der Waals surface area contributed by atoms with E-state index in [2.05, 4.69) is 24.1 Å². The van der Waals surface area contributed by atoms with Crippen LogP contribution in [0.25, 0.3) is 0 Å². The number of hydrogen-bond acceptors (Lipinski definition) is 3. The lowest BCUT2D eigenvalue weighted by Crippen LogP contribution is -2.48. The van der Waals surface area contributed by atoms with Crippen LogP contribution in [0.1, 0.15) is 20.3 Å². The molecule has 2 atom stereocenters. The molecule has 1 aromatic carbocycles. The summed E-state index contributed by atoms with van der Waals surface area (Å²) in [7, 11) is 1.61. The highest BCUT2D eigenvalue weighted by Crippen LogP contribution is 2.29. The largest absolute Gasteiger partial charge is 0.497 e. The number of rotatable bonds is 4. The summed E-state index contributed by atoms with van der Waals surface area (Å²) in [4.78, 5) is 2.12. The van der Waals surface area contributed by atoms with Crippen molar-refractivity contribution in [2.24, 2.45) is 5.92 Å². The van der Waals surface area contributed by atoms with Crippen molar-refractivity contribution < 1.29 is 9.13 Å². The third-order valence-electron chi connectivity index (χ3n) is 3.87. The quantitative estimate of drug-likeness (QED) is 0.906. The molecule has 1 N–H and O–H groups in total. The second kappa shape index (κ2) is 6.24. The molecule has 0 bridgehead atoms. The Balaban J connectivity index is 2.11. The highest BCUT2D eigenvalue weighted by atomic mass is 19.1. The number of halogens is 1. The van der Waals surface area contributed by atoms with Crippen molar-refractivity contribution in [2.45, 2.75) is 26.3 Å². The van der Waals surface area contributed by atoms with Gasteiger partial charge in [0.2, 0.25) is 0 Å². The summed E-state index contributed by atoms with van der Waals surface area (Å²) in [6.07, 6.45) is 1.05. The number of nitrogens with one attached hydrogen (secondary N) is 1. The molecule has 0 aliphatic carbocycles. The van der Waals surface area contributed by atoms with E-state index in [0.29, 0.717) is 23.4 Å². The number of piperidine rings is 1. The molecule has 0 spiro atoms. The van der Waals surface area contributed by atoms with E-state index < -0.39 is 0 Å². The second-order valence-electron chi connectivity index (χ2n) is 5.19. The van der Waals surface area contributed by atoms with Crippen molar-refractivity contribution in [3.8, 4) is 5.75 Å². The average Bonchev–Trinajstić information content (AvgIpc) is 2.42. The molecule has 0 radical (unpaired) electrons. The fourth-order valence-electron chi connectivity index (χ4n) is 2.79. The third-order valence-corrected chi connectivity index (χ3v) is 3.87. The summed E-state index contributed by atoms with van der Waals surface area (Å²) < 4.78 is 19.1. The zero-order valence-corrected chi connectivity index (χ0v) is 11.9. The van der Waals surface area contributed by atoms with Crippen molar-refractivity contribution in [1.82, 2.24) is 5.32 Å². The summed E-state index contributed by atoms with van der Waals surface area (Å²) in [5.41, 5.74) is 0.654. The summed E-state index contributed by atoms with van der Waals surface area (Å²) in [5.74, 6) is 1.05. The molecule has 1 fully saturated rings. The molecule has 106 valence electrons. The summed E-state index contributed by atoms with van der Waals surface area (Å²) in [6, 6.07) is 5.47. The Labute approximate surface area is 114 Å². The van der Waals surface area contributed by atoms with Gasteiger partial charge in [-0.05, 0) is 31.0 Å². The molecule has 2 unspecified atom stereocenters. The Morgan fingerprint density at radius 2 is 2.26 bits per heavy atom. The average molecular weight is 266 g/mol. The molecule has 0 aromatic heterocycles. The Morgan fingerprint density at radius 3 is 2.89 bits per heavy atom. The number of nitrogens with zero attached hydrogens (tertiary/aromatic N) is 1. The summed E-state index contributed by atoms with van der Waals surface area (Å²) >= 11 is 0. The lowest BCUT2D eigenvalue weighted by molar-refractivity contribution is 0.325. The van der Waals surface area contributed by atoms with Gasteiger partial charge >= 0.3 is 0 Å². The standard InChI is InChI=1S/C15H23FN2O/c1-4-17-14-7-8-18(10-11(14)2)15-9-12(19-3)5-6-13(15)16/h5-6,9,11,14,17H,4,7-8,10H2,1-3H3. The van der Waals surface area contributed by atoms with E-state index in [9.17, 15) is 4.39 Å². The first-order valence-electron chi connectivity index (χ1n) is 6.97. The number of ether oxygens (including phenoxy) is 1. The fourth-order valence-corrected chi connectivity index (χ4v) is 2.79. The maximum atomic E-state index is 13.9. The summed E-state index contributed by atoms with van der Waals surface area (Å²) in [6.45, 7) is 7.09. The van der Waals surface area contributed by atoms with Crippen molar-refractivity contribution in [1.29, 1.82) is 0 Å². The zero-order valence-electron chi connectivity index (χ0n) is 11.9. The first-order chi connectivity index (χ1) is 9.15. The molecule has 1 heterocycles. The predicted octanol–water partition coefficient (Wildman–Crippen LogP) is 2.66. The molecule has 1 saturated heterocycles. The van der Waals surface area contributed by atoms with Gasteiger partial charge in [0, 0.05) is 25.2 Å². The van der Waals surface area contributed by atoms with Gasteiger partial charge in [-0.25, -0.2) is 4.39 Å². The van der Waals surface area contributed by atoms with Crippen LogP contribution in [0.15, 0.2) is 18.2 Å². The van der Waals surface area contributed by atoms with E-state index in [4.69, 9.17) is 4.74 Å². The van der Waals surface area contributed by atoms with Crippen LogP contribution >= 0.6 is 0 Å². The van der Waals surface area contributed by atoms with E-state index in [1.165, 1.54) is 6.07 Å². The third kappa shape index (κ3) is 3.18. The lowest BCUT2D eigenvalue weighted by atomic mass is 9.93. The Morgan fingerprint density at radius 1 is 1.47 bits per heavy atom. The van der Waals surface area contributed by atoms with Crippen LogP contribution in [0, 0.1) is 11.7 Å². The SMILES string of the molecule is CCNC1CCN(c2cc(OC)ccc2F)CC1C. The molecule has 1 aromatic rings. The number of hydrogen-bond donors (Lipinski definition) is 1. The maximum Gasteiger partial charge on any atom is 0.146 e. The van der Waals surface area contributed by atoms with E-state index in [1.54, 1.807) is 19.2 Å². The van der Waals surface area contributed by atoms with E-state index >= 15 is 0 Å². The molecule has 3 nitrogen and oxygen atoms in total. The molecule has 1 aliphatic heterocycles. The van der Waals surface area contributed by atoms with Gasteiger partial charge in [0.25, 0.3) is 0 Å². The van der Waals surface area contributed by atoms with E-state index in [1.807, 2.05) is 0 Å². The summed E-state index contributed by atoms with van der Waals surface area (Å²) in [5, 5.41) is 3.50. The fraction of sp³-hybridized carbons (Fsp3) is 0.600. The molecular formula is C15H23FN2O. The minimum Gasteiger partial charge on any atom is -0.497 e. The highest BCUT2D eigenvalue weighted by molar-refractivity contribution is 5.52. The van der Waals surface area contributed by atoms with Crippen LogP contribution in [0.2, 0.25) is 0 Å². The minimum atomic E-state index is -0.171. The van der Waals surface area contributed by atoms with Crippen molar-refractivity contribution >= 4 is 5.69 Å². The Hall–Kier alpha value is -1.29. The zero-order chi connectivity index (χ0) is 13.8. The monoisotopic (exact) mass is 266 g/mol. The first-order valence-corrected chi connectivity index (χ1v) is 6.97. The number of methoxy groups -OCH3 is 1. The molecule has 4 heteroatoms. The van der Waals surface area contributed by atoms with Gasteiger partial charge in [-0.15, -0.1) is 0 Å². The molecule has 2 rings (SSSR count). The number of anilines is 1. The molecule has 19 heavy (non-hydrogen) atoms. The van der Waals surface area contributed by atoms with Gasteiger partial charge in [0.1, 0.15) is 11.6 Å². The van der Waals surface area contributed by atoms with Gasteiger partial charge in [-0.1, -0.05) is 13.8 Å².